The molecule has 1 heterocycles. The maximum Gasteiger partial charge on any atom is 0.290 e. The largest absolute Gasteiger partial charge is 0.504 e. The molecule has 0 saturated carbocycles. The highest BCUT2D eigenvalue weighted by Crippen LogP contribution is 2.37. The Morgan fingerprint density at radius 1 is 1.03 bits per heavy atom. The standard InChI is InChI=1S/C21H14N2O5S/c22-19(25)14-6-8-16(13-4-2-1-3-12(13)14)28-17-7-5-11(9-15(17)24)10-18-20(26)23-21(27)29-18/h1-10,24H,(H2,22,25)(H,23,26,27)/b18-10-. The third-order valence-electron chi connectivity index (χ3n) is 4.29. The average molecular weight is 406 g/mol. The number of carbonyl (C=O) groups is 3. The minimum atomic E-state index is -0.541. The van der Waals surface area contributed by atoms with E-state index in [0.29, 0.717) is 27.6 Å². The highest BCUT2D eigenvalue weighted by atomic mass is 32.2. The second-order valence-corrected chi connectivity index (χ2v) is 7.22. The van der Waals surface area contributed by atoms with Crippen LogP contribution in [0.5, 0.6) is 17.2 Å². The van der Waals surface area contributed by atoms with Crippen molar-refractivity contribution in [2.45, 2.75) is 0 Å². The number of imide groups is 1. The molecule has 0 bridgehead atoms. The number of phenols is 1. The summed E-state index contributed by atoms with van der Waals surface area (Å²) in [6.07, 6.45) is 1.51. The van der Waals surface area contributed by atoms with Crippen molar-refractivity contribution in [3.8, 4) is 17.2 Å². The quantitative estimate of drug-likeness (QED) is 0.568. The smallest absolute Gasteiger partial charge is 0.290 e. The summed E-state index contributed by atoms with van der Waals surface area (Å²) in [5.41, 5.74) is 6.35. The highest BCUT2D eigenvalue weighted by Gasteiger charge is 2.25. The minimum Gasteiger partial charge on any atom is -0.504 e. The van der Waals surface area contributed by atoms with Crippen molar-refractivity contribution in [2.24, 2.45) is 5.73 Å². The van der Waals surface area contributed by atoms with Crippen LogP contribution in [0, 0.1) is 0 Å². The fraction of sp³-hybridized carbons (Fsp3) is 0. The summed E-state index contributed by atoms with van der Waals surface area (Å²) in [4.78, 5) is 34.8. The summed E-state index contributed by atoms with van der Waals surface area (Å²) < 4.78 is 5.86. The van der Waals surface area contributed by atoms with Crippen LogP contribution in [0.1, 0.15) is 15.9 Å². The number of thioether (sulfide) groups is 1. The van der Waals surface area contributed by atoms with E-state index >= 15 is 0 Å². The Labute approximate surface area is 169 Å². The van der Waals surface area contributed by atoms with E-state index in [0.717, 1.165) is 11.8 Å². The van der Waals surface area contributed by atoms with Crippen LogP contribution >= 0.6 is 11.8 Å². The van der Waals surface area contributed by atoms with Crippen LogP contribution < -0.4 is 15.8 Å². The molecule has 29 heavy (non-hydrogen) atoms. The lowest BCUT2D eigenvalue weighted by Gasteiger charge is -2.12. The summed E-state index contributed by atoms with van der Waals surface area (Å²) in [5, 5.41) is 13.4. The zero-order valence-electron chi connectivity index (χ0n) is 14.8. The molecule has 0 aliphatic carbocycles. The van der Waals surface area contributed by atoms with Crippen molar-refractivity contribution in [3.63, 3.8) is 0 Å². The third-order valence-corrected chi connectivity index (χ3v) is 5.10. The van der Waals surface area contributed by atoms with E-state index in [1.54, 1.807) is 48.5 Å². The molecule has 1 fully saturated rings. The summed E-state index contributed by atoms with van der Waals surface area (Å²) in [6.45, 7) is 0. The van der Waals surface area contributed by atoms with Crippen LogP contribution in [0.15, 0.2) is 59.5 Å². The van der Waals surface area contributed by atoms with Gasteiger partial charge in [0.05, 0.1) is 4.91 Å². The van der Waals surface area contributed by atoms with Gasteiger partial charge in [-0.1, -0.05) is 30.3 Å². The molecule has 4 N–H and O–H groups in total. The van der Waals surface area contributed by atoms with Crippen molar-refractivity contribution < 1.29 is 24.2 Å². The van der Waals surface area contributed by atoms with Crippen LogP contribution in [0.3, 0.4) is 0 Å². The molecule has 4 rings (SSSR count). The van der Waals surface area contributed by atoms with Crippen molar-refractivity contribution in [3.05, 3.63) is 70.6 Å². The number of amides is 3. The van der Waals surface area contributed by atoms with Gasteiger partial charge in [-0.2, -0.15) is 0 Å². The predicted octanol–water partition coefficient (Wildman–Crippen LogP) is 3.76. The van der Waals surface area contributed by atoms with Crippen LogP contribution in [0.25, 0.3) is 16.8 Å². The van der Waals surface area contributed by atoms with Crippen LogP contribution in [0.4, 0.5) is 4.79 Å². The van der Waals surface area contributed by atoms with E-state index < -0.39 is 17.1 Å². The molecule has 0 radical (unpaired) electrons. The lowest BCUT2D eigenvalue weighted by Crippen LogP contribution is -2.17. The molecule has 7 nitrogen and oxygen atoms in total. The van der Waals surface area contributed by atoms with Gasteiger partial charge in [-0.15, -0.1) is 0 Å². The lowest BCUT2D eigenvalue weighted by molar-refractivity contribution is -0.115. The van der Waals surface area contributed by atoms with Gasteiger partial charge in [0, 0.05) is 10.9 Å². The predicted molar refractivity (Wildman–Crippen MR) is 110 cm³/mol. The van der Waals surface area contributed by atoms with Gasteiger partial charge < -0.3 is 15.6 Å². The third kappa shape index (κ3) is 3.65. The summed E-state index contributed by atoms with van der Waals surface area (Å²) >= 11 is 0.797. The Hall–Kier alpha value is -3.78. The van der Waals surface area contributed by atoms with Gasteiger partial charge in [-0.25, -0.2) is 0 Å². The number of ether oxygens (including phenoxy) is 1. The number of rotatable bonds is 4. The number of nitrogens with two attached hydrogens (primary N) is 1. The molecule has 0 unspecified atom stereocenters. The van der Waals surface area contributed by atoms with Crippen molar-refractivity contribution in [1.29, 1.82) is 0 Å². The van der Waals surface area contributed by atoms with Gasteiger partial charge in [0.1, 0.15) is 5.75 Å². The van der Waals surface area contributed by atoms with Gasteiger partial charge in [0.2, 0.25) is 5.91 Å². The second kappa shape index (κ2) is 7.33. The number of hydrogen-bond acceptors (Lipinski definition) is 6. The molecule has 144 valence electrons. The lowest BCUT2D eigenvalue weighted by atomic mass is 10.0. The van der Waals surface area contributed by atoms with Crippen LogP contribution in [0.2, 0.25) is 0 Å². The van der Waals surface area contributed by atoms with E-state index in [2.05, 4.69) is 5.32 Å². The number of fused-ring (bicyclic) bond motifs is 1. The first kappa shape index (κ1) is 18.6. The average Bonchev–Trinajstić information content (AvgIpc) is 3.00. The number of hydrogen-bond donors (Lipinski definition) is 3. The molecule has 3 aromatic rings. The van der Waals surface area contributed by atoms with E-state index in [9.17, 15) is 19.5 Å². The zero-order chi connectivity index (χ0) is 20.5. The molecule has 1 saturated heterocycles. The SMILES string of the molecule is NC(=O)c1ccc(Oc2ccc(/C=C3\SC(=O)NC3=O)cc2O)c2ccccc12. The Morgan fingerprint density at radius 3 is 2.41 bits per heavy atom. The number of primary amides is 1. The monoisotopic (exact) mass is 406 g/mol. The van der Waals surface area contributed by atoms with E-state index in [-0.39, 0.29) is 16.4 Å². The number of carbonyl (C=O) groups excluding carboxylic acids is 3. The normalized spacial score (nSPS) is 15.0. The van der Waals surface area contributed by atoms with Crippen LogP contribution in [-0.4, -0.2) is 22.2 Å². The van der Waals surface area contributed by atoms with Gasteiger partial charge in [0.15, 0.2) is 11.5 Å². The Balaban J connectivity index is 1.67. The molecule has 3 aromatic carbocycles. The number of nitrogens with one attached hydrogen (secondary N) is 1. The zero-order valence-corrected chi connectivity index (χ0v) is 15.7. The van der Waals surface area contributed by atoms with Gasteiger partial charge in [-0.3, -0.25) is 19.7 Å². The van der Waals surface area contributed by atoms with Crippen molar-refractivity contribution in [2.75, 3.05) is 0 Å². The molecule has 1 aliphatic heterocycles. The highest BCUT2D eigenvalue weighted by molar-refractivity contribution is 8.18. The molecule has 3 amide bonds. The molecule has 1 aliphatic rings. The summed E-state index contributed by atoms with van der Waals surface area (Å²) in [6, 6.07) is 15.0. The van der Waals surface area contributed by atoms with Crippen molar-refractivity contribution >= 4 is 45.7 Å². The topological polar surface area (TPSA) is 119 Å². The molecule has 0 spiro atoms. The minimum absolute atomic E-state index is 0.142. The summed E-state index contributed by atoms with van der Waals surface area (Å²) in [5.74, 6) is -0.509. The maximum atomic E-state index is 11.6. The molecule has 8 heteroatoms. The maximum absolute atomic E-state index is 11.6. The van der Waals surface area contributed by atoms with Gasteiger partial charge in [0.25, 0.3) is 11.1 Å². The first-order valence-electron chi connectivity index (χ1n) is 8.49. The first-order valence-corrected chi connectivity index (χ1v) is 9.31. The van der Waals surface area contributed by atoms with Gasteiger partial charge >= 0.3 is 0 Å². The van der Waals surface area contributed by atoms with Gasteiger partial charge in [-0.05, 0) is 53.1 Å². The number of benzene rings is 3. The molecular formula is C21H14N2O5S. The Bertz CT molecular complexity index is 1220. The van der Waals surface area contributed by atoms with E-state index in [1.807, 2.05) is 0 Å². The Kier molecular flexibility index (Phi) is 4.69. The number of phenolic OH excluding ortho intramolecular Hbond substituents is 1. The second-order valence-electron chi connectivity index (χ2n) is 6.20. The molecular weight excluding hydrogens is 392 g/mol. The van der Waals surface area contributed by atoms with Crippen LogP contribution in [-0.2, 0) is 4.79 Å². The van der Waals surface area contributed by atoms with Crippen molar-refractivity contribution in [1.82, 2.24) is 5.32 Å². The Morgan fingerprint density at radius 2 is 1.76 bits per heavy atom. The van der Waals surface area contributed by atoms with E-state index in [4.69, 9.17) is 10.5 Å². The van der Waals surface area contributed by atoms with E-state index in [1.165, 1.54) is 12.1 Å². The summed E-state index contributed by atoms with van der Waals surface area (Å²) in [7, 11) is 0. The number of aromatic hydroxyl groups is 1. The fourth-order valence-electron chi connectivity index (χ4n) is 2.98. The molecule has 0 atom stereocenters. The molecule has 0 aromatic heterocycles. The fourth-order valence-corrected chi connectivity index (χ4v) is 3.66. The first-order chi connectivity index (χ1) is 13.9.